The Kier molecular flexibility index (Phi) is 6.29. The number of Topliss-reactive ketones (excluding diaryl/α,β-unsaturated/α-hetero) is 1. The Morgan fingerprint density at radius 3 is 2.63 bits per heavy atom. The molecule has 3 rings (SSSR count). The van der Waals surface area contributed by atoms with Gasteiger partial charge in [0.05, 0.1) is 12.8 Å². The first-order chi connectivity index (χ1) is 13.0. The molecule has 1 atom stereocenters. The van der Waals surface area contributed by atoms with Crippen molar-refractivity contribution in [3.8, 4) is 0 Å². The number of benzene rings is 1. The second-order valence-electron chi connectivity index (χ2n) is 6.47. The quantitative estimate of drug-likeness (QED) is 0.738. The lowest BCUT2D eigenvalue weighted by molar-refractivity contribution is -0.138. The molecule has 6 nitrogen and oxygen atoms in total. The first kappa shape index (κ1) is 19.2. The van der Waals surface area contributed by atoms with Crippen LogP contribution < -0.4 is 5.32 Å². The molecule has 0 saturated carbocycles. The van der Waals surface area contributed by atoms with Gasteiger partial charge in [-0.05, 0) is 49.2 Å². The molecule has 1 aromatic heterocycles. The summed E-state index contributed by atoms with van der Waals surface area (Å²) in [5, 5.41) is 3.36. The first-order valence-corrected chi connectivity index (χ1v) is 9.31. The smallest absolute Gasteiger partial charge is 0.243 e. The Labute approximate surface area is 162 Å². The van der Waals surface area contributed by atoms with Crippen molar-refractivity contribution in [2.24, 2.45) is 0 Å². The third-order valence-corrected chi connectivity index (χ3v) is 4.88. The van der Waals surface area contributed by atoms with Gasteiger partial charge in [0, 0.05) is 30.0 Å². The Hall–Kier alpha value is -2.60. The Morgan fingerprint density at radius 2 is 1.93 bits per heavy atom. The molecule has 2 amide bonds. The maximum atomic E-state index is 12.5. The molecule has 1 saturated heterocycles. The highest BCUT2D eigenvalue weighted by Crippen LogP contribution is 2.20. The van der Waals surface area contributed by atoms with Gasteiger partial charge in [-0.15, -0.1) is 0 Å². The van der Waals surface area contributed by atoms with Gasteiger partial charge in [0.25, 0.3) is 0 Å². The minimum atomic E-state index is -0.488. The lowest BCUT2D eigenvalue weighted by Crippen LogP contribution is -2.45. The third-order valence-electron chi connectivity index (χ3n) is 4.62. The predicted octanol–water partition coefficient (Wildman–Crippen LogP) is 3.20. The van der Waals surface area contributed by atoms with Crippen molar-refractivity contribution >= 4 is 29.2 Å². The number of hydrogen-bond donors (Lipinski definition) is 1. The largest absolute Gasteiger partial charge is 0.467 e. The van der Waals surface area contributed by atoms with Crippen LogP contribution in [0.3, 0.4) is 0 Å². The Bertz CT molecular complexity index is 802. The maximum Gasteiger partial charge on any atom is 0.243 e. The summed E-state index contributed by atoms with van der Waals surface area (Å²) in [5.41, 5.74) is 0.529. The van der Waals surface area contributed by atoms with Crippen LogP contribution >= 0.6 is 11.6 Å². The highest BCUT2D eigenvalue weighted by Gasteiger charge is 2.33. The van der Waals surface area contributed by atoms with E-state index in [1.54, 1.807) is 47.6 Å². The molecule has 2 aromatic rings. The summed E-state index contributed by atoms with van der Waals surface area (Å²) in [5.74, 6) is 0.181. The molecule has 2 heterocycles. The van der Waals surface area contributed by atoms with Gasteiger partial charge in [0.1, 0.15) is 11.8 Å². The van der Waals surface area contributed by atoms with Gasteiger partial charge in [0.2, 0.25) is 11.8 Å². The highest BCUT2D eigenvalue weighted by molar-refractivity contribution is 6.30. The lowest BCUT2D eigenvalue weighted by Gasteiger charge is -2.23. The van der Waals surface area contributed by atoms with Crippen molar-refractivity contribution < 1.29 is 18.8 Å². The van der Waals surface area contributed by atoms with E-state index in [2.05, 4.69) is 5.32 Å². The van der Waals surface area contributed by atoms with E-state index in [9.17, 15) is 14.4 Å². The second kappa shape index (κ2) is 8.86. The number of halogens is 1. The van der Waals surface area contributed by atoms with E-state index in [1.807, 2.05) is 0 Å². The first-order valence-electron chi connectivity index (χ1n) is 8.93. The van der Waals surface area contributed by atoms with Gasteiger partial charge in [-0.1, -0.05) is 11.6 Å². The van der Waals surface area contributed by atoms with Gasteiger partial charge in [0.15, 0.2) is 5.78 Å². The molecule has 142 valence electrons. The van der Waals surface area contributed by atoms with Gasteiger partial charge >= 0.3 is 0 Å². The number of hydrogen-bond acceptors (Lipinski definition) is 4. The molecule has 7 heteroatoms. The van der Waals surface area contributed by atoms with Crippen LogP contribution in [0.4, 0.5) is 0 Å². The fraction of sp³-hybridized carbons (Fsp3) is 0.350. The number of nitrogens with zero attached hydrogens (tertiary/aromatic N) is 1. The molecule has 1 aliphatic rings. The van der Waals surface area contributed by atoms with Crippen LogP contribution in [0.2, 0.25) is 5.02 Å². The van der Waals surface area contributed by atoms with E-state index in [0.717, 1.165) is 6.42 Å². The van der Waals surface area contributed by atoms with Crippen molar-refractivity contribution in [1.29, 1.82) is 0 Å². The SMILES string of the molecule is O=C(CCC(=O)N1CCCC1C(=O)NCc1ccco1)c1ccc(Cl)cc1. The molecule has 1 aliphatic heterocycles. The topological polar surface area (TPSA) is 79.6 Å². The van der Waals surface area contributed by atoms with Crippen molar-refractivity contribution in [1.82, 2.24) is 10.2 Å². The Balaban J connectivity index is 1.51. The molecule has 1 N–H and O–H groups in total. The minimum absolute atomic E-state index is 0.0867. The highest BCUT2D eigenvalue weighted by atomic mass is 35.5. The molecular formula is C20H21ClN2O4. The summed E-state index contributed by atoms with van der Waals surface area (Å²) in [6.07, 6.45) is 3.14. The predicted molar refractivity (Wildman–Crippen MR) is 100 cm³/mol. The van der Waals surface area contributed by atoms with Gasteiger partial charge in [-0.2, -0.15) is 0 Å². The zero-order chi connectivity index (χ0) is 19.2. The summed E-state index contributed by atoms with van der Waals surface area (Å²) in [6.45, 7) is 0.826. The molecule has 0 bridgehead atoms. The average molecular weight is 389 g/mol. The molecule has 0 spiro atoms. The van der Waals surface area contributed by atoms with E-state index in [1.165, 1.54) is 0 Å². The van der Waals surface area contributed by atoms with Crippen LogP contribution in [0.15, 0.2) is 47.1 Å². The summed E-state index contributed by atoms with van der Waals surface area (Å²) in [4.78, 5) is 38.8. The fourth-order valence-electron chi connectivity index (χ4n) is 3.19. The molecule has 1 aromatic carbocycles. The van der Waals surface area contributed by atoms with Gasteiger partial charge in [-0.25, -0.2) is 0 Å². The zero-order valence-corrected chi connectivity index (χ0v) is 15.6. The lowest BCUT2D eigenvalue weighted by atomic mass is 10.1. The number of likely N-dealkylation sites (tertiary alicyclic amines) is 1. The number of ketones is 1. The van der Waals surface area contributed by atoms with Gasteiger partial charge in [-0.3, -0.25) is 14.4 Å². The summed E-state index contributed by atoms with van der Waals surface area (Å²) < 4.78 is 5.19. The molecular weight excluding hydrogens is 368 g/mol. The molecule has 1 fully saturated rings. The zero-order valence-electron chi connectivity index (χ0n) is 14.8. The summed E-state index contributed by atoms with van der Waals surface area (Å²) in [7, 11) is 0. The number of nitrogens with one attached hydrogen (secondary N) is 1. The number of amides is 2. The van der Waals surface area contributed by atoms with Gasteiger partial charge < -0.3 is 14.6 Å². The van der Waals surface area contributed by atoms with Crippen LogP contribution in [0.1, 0.15) is 41.8 Å². The maximum absolute atomic E-state index is 12.5. The van der Waals surface area contributed by atoms with Crippen molar-refractivity contribution in [2.45, 2.75) is 38.3 Å². The van der Waals surface area contributed by atoms with Crippen LogP contribution in [0.25, 0.3) is 0 Å². The average Bonchev–Trinajstić information content (AvgIpc) is 3.36. The number of rotatable bonds is 7. The van der Waals surface area contributed by atoms with Crippen molar-refractivity contribution in [2.75, 3.05) is 6.54 Å². The van der Waals surface area contributed by atoms with E-state index < -0.39 is 6.04 Å². The second-order valence-corrected chi connectivity index (χ2v) is 6.91. The number of furan rings is 1. The number of carbonyl (C=O) groups excluding carboxylic acids is 3. The van der Waals surface area contributed by atoms with E-state index in [-0.39, 0.29) is 30.4 Å². The normalized spacial score (nSPS) is 16.3. The van der Waals surface area contributed by atoms with Crippen LogP contribution in [0.5, 0.6) is 0 Å². The third kappa shape index (κ3) is 4.98. The van der Waals surface area contributed by atoms with Crippen molar-refractivity contribution in [3.05, 3.63) is 59.0 Å². The minimum Gasteiger partial charge on any atom is -0.467 e. The molecule has 0 aliphatic carbocycles. The number of carbonyl (C=O) groups is 3. The van der Waals surface area contributed by atoms with E-state index in [0.29, 0.717) is 35.9 Å². The van der Waals surface area contributed by atoms with Crippen LogP contribution in [0, 0.1) is 0 Å². The van der Waals surface area contributed by atoms with Crippen LogP contribution in [-0.4, -0.2) is 35.1 Å². The Morgan fingerprint density at radius 1 is 1.15 bits per heavy atom. The summed E-state index contributed by atoms with van der Waals surface area (Å²) in [6, 6.07) is 9.64. The standard InChI is InChI=1S/C20H21ClN2O4/c21-15-7-5-14(6-8-15)18(24)9-10-19(25)23-11-1-4-17(23)20(26)22-13-16-3-2-12-27-16/h2-3,5-8,12,17H,1,4,9-11,13H2,(H,22,26). The molecule has 27 heavy (non-hydrogen) atoms. The van der Waals surface area contributed by atoms with E-state index in [4.69, 9.17) is 16.0 Å². The molecule has 1 unspecified atom stereocenters. The van der Waals surface area contributed by atoms with E-state index >= 15 is 0 Å². The summed E-state index contributed by atoms with van der Waals surface area (Å²) >= 11 is 5.82. The monoisotopic (exact) mass is 388 g/mol. The van der Waals surface area contributed by atoms with Crippen LogP contribution in [-0.2, 0) is 16.1 Å². The fourth-order valence-corrected chi connectivity index (χ4v) is 3.31. The van der Waals surface area contributed by atoms with Crippen molar-refractivity contribution in [3.63, 3.8) is 0 Å². The molecule has 0 radical (unpaired) electrons.